The lowest BCUT2D eigenvalue weighted by Crippen LogP contribution is -2.38. The zero-order valence-corrected chi connectivity index (χ0v) is 24.5. The average Bonchev–Trinajstić information content (AvgIpc) is 3.05. The van der Waals surface area contributed by atoms with Gasteiger partial charge in [0.2, 0.25) is 0 Å². The van der Waals surface area contributed by atoms with Gasteiger partial charge in [0.05, 0.1) is 12.1 Å². The predicted octanol–water partition coefficient (Wildman–Crippen LogP) is 9.16. The molecule has 0 atom stereocenters. The first-order chi connectivity index (χ1) is 20.3. The molecule has 6 rings (SSSR count). The minimum atomic E-state index is 0.374. The Morgan fingerprint density at radius 2 is 0.683 bits per heavy atom. The van der Waals surface area contributed by atoms with E-state index >= 15 is 0 Å². The smallest absolute Gasteiger partial charge is 0.0601 e. The van der Waals surface area contributed by atoms with Gasteiger partial charge >= 0.3 is 0 Å². The first-order valence-corrected chi connectivity index (χ1v) is 16.0. The van der Waals surface area contributed by atoms with Gasteiger partial charge in [-0.1, -0.05) is 141 Å². The molecule has 41 heavy (non-hydrogen) atoms. The van der Waals surface area contributed by atoms with Gasteiger partial charge in [-0.3, -0.25) is 9.80 Å². The van der Waals surface area contributed by atoms with Gasteiger partial charge in [-0.2, -0.15) is 0 Å². The maximum absolute atomic E-state index is 2.73. The van der Waals surface area contributed by atoms with E-state index in [1.165, 1.54) is 93.4 Å². The van der Waals surface area contributed by atoms with Crippen molar-refractivity contribution < 1.29 is 0 Å². The summed E-state index contributed by atoms with van der Waals surface area (Å²) in [5, 5.41) is 0. The highest BCUT2D eigenvalue weighted by atomic mass is 15.2. The van der Waals surface area contributed by atoms with E-state index in [0.29, 0.717) is 12.1 Å². The first-order valence-electron chi connectivity index (χ1n) is 16.0. The molecule has 4 aromatic rings. The molecule has 2 heterocycles. The summed E-state index contributed by atoms with van der Waals surface area (Å²) in [5.41, 5.74) is 5.69. The van der Waals surface area contributed by atoms with Crippen LogP contribution in [0.3, 0.4) is 0 Å². The summed E-state index contributed by atoms with van der Waals surface area (Å²) in [6, 6.07) is 45.2. The van der Waals surface area contributed by atoms with Crippen molar-refractivity contribution in [3.63, 3.8) is 0 Å². The highest BCUT2D eigenvalue weighted by molar-refractivity contribution is 5.33. The number of hydrogen-bond donors (Lipinski definition) is 0. The Balaban J connectivity index is 0.976. The monoisotopic (exact) mass is 542 g/mol. The molecule has 212 valence electrons. The van der Waals surface area contributed by atoms with E-state index < -0.39 is 0 Å². The Bertz CT molecular complexity index is 1090. The normalized spacial score (nSPS) is 17.8. The molecule has 2 nitrogen and oxygen atoms in total. The minimum absolute atomic E-state index is 0.374. The lowest BCUT2D eigenvalue weighted by Gasteiger charge is -2.39. The van der Waals surface area contributed by atoms with Crippen molar-refractivity contribution >= 4 is 0 Å². The largest absolute Gasteiger partial charge is 0.292 e. The molecule has 0 unspecified atom stereocenters. The van der Waals surface area contributed by atoms with Crippen LogP contribution in [-0.4, -0.2) is 36.0 Å². The molecule has 0 radical (unpaired) electrons. The average molecular weight is 543 g/mol. The van der Waals surface area contributed by atoms with Crippen molar-refractivity contribution in [3.8, 4) is 0 Å². The Morgan fingerprint density at radius 3 is 0.951 bits per heavy atom. The van der Waals surface area contributed by atoms with Crippen molar-refractivity contribution in [2.45, 2.75) is 57.0 Å². The second-order valence-corrected chi connectivity index (χ2v) is 12.3. The van der Waals surface area contributed by atoms with Gasteiger partial charge < -0.3 is 0 Å². The maximum Gasteiger partial charge on any atom is 0.0601 e. The lowest BCUT2D eigenvalue weighted by molar-refractivity contribution is 0.134. The molecule has 0 bridgehead atoms. The van der Waals surface area contributed by atoms with Gasteiger partial charge in [0.1, 0.15) is 0 Å². The third-order valence-corrected chi connectivity index (χ3v) is 9.71. The summed E-state index contributed by atoms with van der Waals surface area (Å²) >= 11 is 0. The number of hydrogen-bond acceptors (Lipinski definition) is 2. The number of rotatable bonds is 10. The van der Waals surface area contributed by atoms with E-state index in [4.69, 9.17) is 0 Å². The summed E-state index contributed by atoms with van der Waals surface area (Å²) in [6.07, 6.45) is 9.57. The van der Waals surface area contributed by atoms with E-state index in [-0.39, 0.29) is 0 Å². The van der Waals surface area contributed by atoms with Gasteiger partial charge in [-0.05, 0) is 86.0 Å². The van der Waals surface area contributed by atoms with Crippen LogP contribution in [0.1, 0.15) is 79.3 Å². The highest BCUT2D eigenvalue weighted by Crippen LogP contribution is 2.36. The van der Waals surface area contributed by atoms with Crippen LogP contribution >= 0.6 is 0 Å². The van der Waals surface area contributed by atoms with Crippen LogP contribution in [0, 0.1) is 11.8 Å². The van der Waals surface area contributed by atoms with Crippen LogP contribution in [0.4, 0.5) is 0 Å². The van der Waals surface area contributed by atoms with Gasteiger partial charge in [0, 0.05) is 0 Å². The van der Waals surface area contributed by atoms with Crippen LogP contribution in [0.2, 0.25) is 0 Å². The van der Waals surface area contributed by atoms with Crippen LogP contribution < -0.4 is 0 Å². The molecule has 0 amide bonds. The van der Waals surface area contributed by atoms with Crippen molar-refractivity contribution in [1.29, 1.82) is 0 Å². The third-order valence-electron chi connectivity index (χ3n) is 9.71. The summed E-state index contributed by atoms with van der Waals surface area (Å²) in [4.78, 5) is 5.46. The standard InChI is InChI=1S/C39H46N2/c1-5-16-34(17-6-1)38(35-18-7-2-8-19-35)40-28-24-32(25-29-40)14-13-15-33-26-30-41(31-27-33)39(36-20-9-3-10-21-36)37-22-11-4-12-23-37/h1-12,16-23,32-33,38-39H,13-15,24-31H2. The minimum Gasteiger partial charge on any atom is -0.292 e. The molecule has 2 aliphatic heterocycles. The quantitative estimate of drug-likeness (QED) is 0.197. The zero-order valence-electron chi connectivity index (χ0n) is 24.5. The van der Waals surface area contributed by atoms with E-state index in [0.717, 1.165) is 11.8 Å². The summed E-state index contributed by atoms with van der Waals surface area (Å²) in [6.45, 7) is 4.82. The Labute approximate surface area is 248 Å². The van der Waals surface area contributed by atoms with Crippen molar-refractivity contribution in [2.24, 2.45) is 11.8 Å². The van der Waals surface area contributed by atoms with Crippen LogP contribution in [0.5, 0.6) is 0 Å². The van der Waals surface area contributed by atoms with Crippen molar-refractivity contribution in [1.82, 2.24) is 9.80 Å². The van der Waals surface area contributed by atoms with Crippen LogP contribution in [0.25, 0.3) is 0 Å². The molecule has 0 aliphatic carbocycles. The van der Waals surface area contributed by atoms with Crippen molar-refractivity contribution in [2.75, 3.05) is 26.2 Å². The maximum atomic E-state index is 2.73. The third kappa shape index (κ3) is 7.18. The van der Waals surface area contributed by atoms with Gasteiger partial charge in [0.15, 0.2) is 0 Å². The topological polar surface area (TPSA) is 6.48 Å². The van der Waals surface area contributed by atoms with E-state index in [1.54, 1.807) is 0 Å². The van der Waals surface area contributed by atoms with Gasteiger partial charge in [-0.25, -0.2) is 0 Å². The molecule has 0 spiro atoms. The van der Waals surface area contributed by atoms with Crippen molar-refractivity contribution in [3.05, 3.63) is 144 Å². The van der Waals surface area contributed by atoms with Crippen LogP contribution in [0.15, 0.2) is 121 Å². The summed E-state index contributed by atoms with van der Waals surface area (Å²) in [7, 11) is 0. The SMILES string of the molecule is c1ccc(C(c2ccccc2)N2CCC(CCCC3CCN(C(c4ccccc4)c4ccccc4)CC3)CC2)cc1. The van der Waals surface area contributed by atoms with Gasteiger partial charge in [0.25, 0.3) is 0 Å². The van der Waals surface area contributed by atoms with Gasteiger partial charge in [-0.15, -0.1) is 0 Å². The van der Waals surface area contributed by atoms with E-state index in [9.17, 15) is 0 Å². The molecular weight excluding hydrogens is 496 g/mol. The molecule has 0 aromatic heterocycles. The Morgan fingerprint density at radius 1 is 0.415 bits per heavy atom. The van der Waals surface area contributed by atoms with E-state index in [1.807, 2.05) is 0 Å². The molecule has 4 aromatic carbocycles. The first kappa shape index (κ1) is 27.9. The molecule has 2 aliphatic rings. The zero-order chi connectivity index (χ0) is 27.7. The molecular formula is C39H46N2. The molecule has 2 saturated heterocycles. The lowest BCUT2D eigenvalue weighted by atomic mass is 9.85. The molecule has 0 N–H and O–H groups in total. The molecule has 2 fully saturated rings. The Hall–Kier alpha value is -3.20. The van der Waals surface area contributed by atoms with E-state index in [2.05, 4.69) is 131 Å². The number of nitrogens with zero attached hydrogens (tertiary/aromatic N) is 2. The van der Waals surface area contributed by atoms with Crippen LogP contribution in [-0.2, 0) is 0 Å². The molecule has 2 heteroatoms. The number of piperidine rings is 2. The fourth-order valence-electron chi connectivity index (χ4n) is 7.46. The number of likely N-dealkylation sites (tertiary alicyclic amines) is 2. The summed E-state index contributed by atoms with van der Waals surface area (Å²) < 4.78 is 0. The Kier molecular flexibility index (Phi) is 9.62. The summed E-state index contributed by atoms with van der Waals surface area (Å²) in [5.74, 6) is 1.78. The molecule has 0 saturated carbocycles. The second-order valence-electron chi connectivity index (χ2n) is 12.3. The fourth-order valence-corrected chi connectivity index (χ4v) is 7.46. The second kappa shape index (κ2) is 14.1. The highest BCUT2D eigenvalue weighted by Gasteiger charge is 2.29. The predicted molar refractivity (Wildman–Crippen MR) is 172 cm³/mol. The fraction of sp³-hybridized carbons (Fsp3) is 0.385. The number of benzene rings is 4.